The number of hydrogen-bond acceptors (Lipinski definition) is 4. The van der Waals surface area contributed by atoms with Gasteiger partial charge in [-0.05, 0) is 35.9 Å². The van der Waals surface area contributed by atoms with E-state index in [1.165, 1.54) is 6.42 Å². The fourth-order valence-corrected chi connectivity index (χ4v) is 4.82. The molecule has 2 atom stereocenters. The molecule has 1 aliphatic carbocycles. The summed E-state index contributed by atoms with van der Waals surface area (Å²) in [6.45, 7) is 8.92. The van der Waals surface area contributed by atoms with Crippen molar-refractivity contribution >= 4 is 23.2 Å². The average molecular weight is 524 g/mol. The minimum absolute atomic E-state index is 0.561. The fraction of sp³-hybridized carbons (Fsp3) is 0.357. The van der Waals surface area contributed by atoms with Crippen molar-refractivity contribution in [3.8, 4) is 33.6 Å². The Morgan fingerprint density at radius 1 is 0.806 bits per heavy atom. The second kappa shape index (κ2) is 10.8. The Morgan fingerprint density at radius 2 is 1.25 bits per heavy atom. The van der Waals surface area contributed by atoms with Gasteiger partial charge in [-0.1, -0.05) is 92.5 Å². The van der Waals surface area contributed by atoms with Gasteiger partial charge in [0.25, 0.3) is 0 Å². The number of rotatable bonds is 10. The SMILES string of the molecule is CC(C)CNCc1nc(-c2ccc(-c3ccc(-c4nc(CNC5CC5C)[nH]c4Cl)cc3)cc2)c(Cl)[nH]1. The summed E-state index contributed by atoms with van der Waals surface area (Å²) in [5.41, 5.74) is 5.77. The van der Waals surface area contributed by atoms with E-state index in [2.05, 4.69) is 94.9 Å². The van der Waals surface area contributed by atoms with Crippen molar-refractivity contribution in [1.82, 2.24) is 30.6 Å². The second-order valence-corrected chi connectivity index (χ2v) is 10.8. The van der Waals surface area contributed by atoms with E-state index in [0.717, 1.165) is 57.8 Å². The van der Waals surface area contributed by atoms with Crippen LogP contribution in [0, 0.1) is 11.8 Å². The van der Waals surface area contributed by atoms with Crippen LogP contribution < -0.4 is 10.6 Å². The summed E-state index contributed by atoms with van der Waals surface area (Å²) in [7, 11) is 0. The van der Waals surface area contributed by atoms with Gasteiger partial charge < -0.3 is 20.6 Å². The molecule has 2 aromatic heterocycles. The molecule has 0 saturated heterocycles. The van der Waals surface area contributed by atoms with E-state index in [1.807, 2.05) is 0 Å². The predicted molar refractivity (Wildman–Crippen MR) is 148 cm³/mol. The van der Waals surface area contributed by atoms with Gasteiger partial charge in [-0.25, -0.2) is 9.97 Å². The largest absolute Gasteiger partial charge is 0.331 e. The van der Waals surface area contributed by atoms with Gasteiger partial charge in [-0.3, -0.25) is 0 Å². The number of imidazole rings is 2. The molecule has 0 amide bonds. The molecule has 0 bridgehead atoms. The average Bonchev–Trinajstić information content (AvgIpc) is 3.25. The normalized spacial score (nSPS) is 17.2. The van der Waals surface area contributed by atoms with Crippen LogP contribution in [0.1, 0.15) is 38.8 Å². The van der Waals surface area contributed by atoms with Crippen LogP contribution in [0.3, 0.4) is 0 Å². The summed E-state index contributed by atoms with van der Waals surface area (Å²) in [5.74, 6) is 3.05. The molecule has 2 aromatic carbocycles. The molecule has 1 fully saturated rings. The lowest BCUT2D eigenvalue weighted by molar-refractivity contribution is 0.545. The Labute approximate surface area is 222 Å². The van der Waals surface area contributed by atoms with E-state index < -0.39 is 0 Å². The summed E-state index contributed by atoms with van der Waals surface area (Å²) in [4.78, 5) is 15.8. The Hall–Kier alpha value is -2.64. The van der Waals surface area contributed by atoms with E-state index in [-0.39, 0.29) is 0 Å². The topological polar surface area (TPSA) is 81.4 Å². The van der Waals surface area contributed by atoms with Crippen LogP contribution in [-0.4, -0.2) is 32.5 Å². The van der Waals surface area contributed by atoms with Crippen molar-refractivity contribution in [3.05, 3.63) is 70.5 Å². The zero-order valence-electron chi connectivity index (χ0n) is 20.8. The maximum absolute atomic E-state index is 6.46. The number of aromatic amines is 2. The van der Waals surface area contributed by atoms with E-state index in [1.54, 1.807) is 0 Å². The zero-order valence-corrected chi connectivity index (χ0v) is 22.3. The number of aromatic nitrogens is 4. The molecule has 8 heteroatoms. The Kier molecular flexibility index (Phi) is 7.49. The Morgan fingerprint density at radius 3 is 1.69 bits per heavy atom. The summed E-state index contributed by atoms with van der Waals surface area (Å²) in [6.07, 6.45) is 1.23. The third-order valence-corrected chi connectivity index (χ3v) is 7.10. The molecule has 2 heterocycles. The molecule has 6 nitrogen and oxygen atoms in total. The number of halogens is 2. The number of H-pyrrole nitrogens is 2. The molecular weight excluding hydrogens is 491 g/mol. The highest BCUT2D eigenvalue weighted by molar-refractivity contribution is 6.32. The number of benzene rings is 2. The minimum atomic E-state index is 0.561. The van der Waals surface area contributed by atoms with Crippen LogP contribution in [0.4, 0.5) is 0 Å². The fourth-order valence-electron chi connectivity index (χ4n) is 4.30. The molecule has 0 aliphatic heterocycles. The quantitative estimate of drug-likeness (QED) is 0.187. The summed E-state index contributed by atoms with van der Waals surface area (Å²) < 4.78 is 0. The molecular formula is C28H32Cl2N6. The first-order valence-corrected chi connectivity index (χ1v) is 13.3. The van der Waals surface area contributed by atoms with Gasteiger partial charge in [0.1, 0.15) is 33.3 Å². The molecule has 0 spiro atoms. The van der Waals surface area contributed by atoms with Gasteiger partial charge in [0.05, 0.1) is 13.1 Å². The van der Waals surface area contributed by atoms with Gasteiger partial charge >= 0.3 is 0 Å². The number of nitrogens with one attached hydrogen (secondary N) is 4. The van der Waals surface area contributed by atoms with Crippen molar-refractivity contribution < 1.29 is 0 Å². The van der Waals surface area contributed by atoms with Gasteiger partial charge in [0.2, 0.25) is 0 Å². The first kappa shape index (κ1) is 25.0. The van der Waals surface area contributed by atoms with Crippen molar-refractivity contribution in [2.45, 2.75) is 46.3 Å². The smallest absolute Gasteiger partial charge is 0.134 e. The van der Waals surface area contributed by atoms with Crippen LogP contribution in [0.2, 0.25) is 10.3 Å². The maximum Gasteiger partial charge on any atom is 0.134 e. The van der Waals surface area contributed by atoms with E-state index in [9.17, 15) is 0 Å². The van der Waals surface area contributed by atoms with Crippen molar-refractivity contribution in [3.63, 3.8) is 0 Å². The highest BCUT2D eigenvalue weighted by atomic mass is 35.5. The molecule has 2 unspecified atom stereocenters. The molecule has 0 radical (unpaired) electrons. The highest BCUT2D eigenvalue weighted by Crippen LogP contribution is 2.32. The van der Waals surface area contributed by atoms with Gasteiger partial charge in [0.15, 0.2) is 0 Å². The van der Waals surface area contributed by atoms with Crippen LogP contribution in [0.25, 0.3) is 33.6 Å². The third kappa shape index (κ3) is 5.84. The van der Waals surface area contributed by atoms with E-state index in [0.29, 0.717) is 35.4 Å². The predicted octanol–water partition coefficient (Wildman–Crippen LogP) is 6.68. The number of nitrogens with zero attached hydrogens (tertiary/aromatic N) is 2. The van der Waals surface area contributed by atoms with Crippen LogP contribution >= 0.6 is 23.2 Å². The van der Waals surface area contributed by atoms with Crippen molar-refractivity contribution in [2.24, 2.45) is 11.8 Å². The lowest BCUT2D eigenvalue weighted by Gasteiger charge is -2.05. The Balaban J connectivity index is 1.25. The van der Waals surface area contributed by atoms with Crippen LogP contribution in [0.5, 0.6) is 0 Å². The first-order chi connectivity index (χ1) is 17.4. The van der Waals surface area contributed by atoms with Crippen LogP contribution in [0.15, 0.2) is 48.5 Å². The van der Waals surface area contributed by atoms with Crippen molar-refractivity contribution in [2.75, 3.05) is 6.54 Å². The van der Waals surface area contributed by atoms with Crippen molar-refractivity contribution in [1.29, 1.82) is 0 Å². The monoisotopic (exact) mass is 522 g/mol. The molecule has 1 aliphatic rings. The lowest BCUT2D eigenvalue weighted by Crippen LogP contribution is -2.19. The minimum Gasteiger partial charge on any atom is -0.331 e. The first-order valence-electron chi connectivity index (χ1n) is 12.5. The van der Waals surface area contributed by atoms with Gasteiger partial charge in [-0.15, -0.1) is 0 Å². The van der Waals surface area contributed by atoms with E-state index in [4.69, 9.17) is 28.2 Å². The summed E-state index contributed by atoms with van der Waals surface area (Å²) in [6, 6.07) is 17.2. The lowest BCUT2D eigenvalue weighted by atomic mass is 10.0. The molecule has 188 valence electrons. The van der Waals surface area contributed by atoms with Crippen LogP contribution in [-0.2, 0) is 13.1 Å². The molecule has 4 aromatic rings. The van der Waals surface area contributed by atoms with Gasteiger partial charge in [-0.2, -0.15) is 0 Å². The molecule has 36 heavy (non-hydrogen) atoms. The zero-order chi connectivity index (χ0) is 25.2. The Bertz CT molecular complexity index is 1310. The molecule has 5 rings (SSSR count). The van der Waals surface area contributed by atoms with Gasteiger partial charge in [0, 0.05) is 17.2 Å². The summed E-state index contributed by atoms with van der Waals surface area (Å²) >= 11 is 12.9. The molecule has 1 saturated carbocycles. The highest BCUT2D eigenvalue weighted by Gasteiger charge is 2.31. The molecule has 4 N–H and O–H groups in total. The summed E-state index contributed by atoms with van der Waals surface area (Å²) in [5, 5.41) is 8.03. The standard InChI is InChI=1S/C28H32Cl2N6/c1-16(2)13-31-14-23-33-25(27(29)35-23)20-8-4-18(5-9-20)19-6-10-21(11-7-19)26-28(30)36-24(34-26)15-32-22-12-17(22)3/h4-11,16-17,22,31-32H,12-15H2,1-3H3,(H,33,35)(H,34,36). The second-order valence-electron chi connectivity index (χ2n) is 10.1. The van der Waals surface area contributed by atoms with E-state index >= 15 is 0 Å². The third-order valence-electron chi connectivity index (χ3n) is 6.55. The number of hydrogen-bond donors (Lipinski definition) is 4. The maximum atomic E-state index is 6.46.